The van der Waals surface area contributed by atoms with Crippen molar-refractivity contribution in [1.82, 2.24) is 0 Å². The Bertz CT molecular complexity index is 1580. The topological polar surface area (TPSA) is 78.9 Å². The summed E-state index contributed by atoms with van der Waals surface area (Å²) < 4.78 is 17.0. The molecule has 0 aromatic rings. The lowest BCUT2D eigenvalue weighted by Crippen LogP contribution is -2.30. The predicted molar refractivity (Wildman–Crippen MR) is 353 cm³/mol. The van der Waals surface area contributed by atoms with E-state index in [2.05, 4.69) is 118 Å². The van der Waals surface area contributed by atoms with Gasteiger partial charge in [-0.2, -0.15) is 0 Å². The molecule has 466 valence electrons. The van der Waals surface area contributed by atoms with Crippen molar-refractivity contribution in [2.24, 2.45) is 0 Å². The van der Waals surface area contributed by atoms with Crippen molar-refractivity contribution in [3.05, 3.63) is 97.2 Å². The van der Waals surface area contributed by atoms with E-state index in [9.17, 15) is 14.4 Å². The molecule has 0 aromatic carbocycles. The van der Waals surface area contributed by atoms with Crippen molar-refractivity contribution < 1.29 is 28.6 Å². The molecule has 6 heteroatoms. The normalized spacial score (nSPS) is 12.7. The van der Waals surface area contributed by atoms with Crippen LogP contribution in [0.4, 0.5) is 0 Å². The lowest BCUT2D eigenvalue weighted by atomic mass is 10.0. The van der Waals surface area contributed by atoms with Crippen LogP contribution in [0.1, 0.15) is 342 Å². The highest BCUT2D eigenvalue weighted by Gasteiger charge is 2.19. The van der Waals surface area contributed by atoms with E-state index in [0.717, 1.165) is 122 Å². The van der Waals surface area contributed by atoms with E-state index in [1.54, 1.807) is 0 Å². The SMILES string of the molecule is CC/C=C\C/C=C\C/C=C\C/C=C\C/C=C\C/C=C\C/C=C\CCCCCCCCCCCC(=O)OCC(COC(=O)CCCCCCCCCCCCCCCCCC)OC(=O)CCCCCCC/C=C\CCCCCCCCC. The summed E-state index contributed by atoms with van der Waals surface area (Å²) in [4.78, 5) is 38.4. The summed E-state index contributed by atoms with van der Waals surface area (Å²) in [5, 5.41) is 0. The number of carbonyl (C=O) groups is 3. The minimum Gasteiger partial charge on any atom is -0.462 e. The van der Waals surface area contributed by atoms with Gasteiger partial charge in [0.05, 0.1) is 0 Å². The molecular formula is C75H130O6. The number of rotatable bonds is 63. The van der Waals surface area contributed by atoms with Gasteiger partial charge in [0.2, 0.25) is 0 Å². The third kappa shape index (κ3) is 67.0. The van der Waals surface area contributed by atoms with Crippen LogP contribution in [0.25, 0.3) is 0 Å². The summed E-state index contributed by atoms with van der Waals surface area (Å²) in [6.07, 6.45) is 92.8. The van der Waals surface area contributed by atoms with Crippen molar-refractivity contribution in [3.8, 4) is 0 Å². The smallest absolute Gasteiger partial charge is 0.306 e. The maximum absolute atomic E-state index is 12.9. The maximum Gasteiger partial charge on any atom is 0.306 e. The highest BCUT2D eigenvalue weighted by atomic mass is 16.6. The Balaban J connectivity index is 4.30. The van der Waals surface area contributed by atoms with E-state index in [4.69, 9.17) is 14.2 Å². The van der Waals surface area contributed by atoms with Crippen LogP contribution in [0, 0.1) is 0 Å². The summed E-state index contributed by atoms with van der Waals surface area (Å²) in [6.45, 7) is 6.56. The Morgan fingerprint density at radius 2 is 0.481 bits per heavy atom. The molecule has 0 amide bonds. The Labute approximate surface area is 502 Å². The molecule has 0 aromatic heterocycles. The molecule has 0 saturated carbocycles. The first-order valence-corrected chi connectivity index (χ1v) is 34.7. The third-order valence-corrected chi connectivity index (χ3v) is 15.1. The van der Waals surface area contributed by atoms with Crippen LogP contribution < -0.4 is 0 Å². The van der Waals surface area contributed by atoms with Gasteiger partial charge in [-0.15, -0.1) is 0 Å². The monoisotopic (exact) mass is 1130 g/mol. The lowest BCUT2D eigenvalue weighted by Gasteiger charge is -2.18. The predicted octanol–water partition coefficient (Wildman–Crippen LogP) is 24.0. The van der Waals surface area contributed by atoms with Crippen LogP contribution in [0.3, 0.4) is 0 Å². The molecule has 0 fully saturated rings. The van der Waals surface area contributed by atoms with Crippen molar-refractivity contribution in [2.75, 3.05) is 13.2 Å². The molecule has 0 heterocycles. The van der Waals surface area contributed by atoms with E-state index in [1.807, 2.05) is 0 Å². The number of hydrogen-bond acceptors (Lipinski definition) is 6. The lowest BCUT2D eigenvalue weighted by molar-refractivity contribution is -0.167. The largest absolute Gasteiger partial charge is 0.462 e. The first-order chi connectivity index (χ1) is 40.0. The van der Waals surface area contributed by atoms with Gasteiger partial charge in [0.15, 0.2) is 6.10 Å². The number of carbonyl (C=O) groups excluding carboxylic acids is 3. The second-order valence-corrected chi connectivity index (χ2v) is 23.1. The molecule has 1 atom stereocenters. The van der Waals surface area contributed by atoms with E-state index in [0.29, 0.717) is 19.3 Å². The van der Waals surface area contributed by atoms with Gasteiger partial charge < -0.3 is 14.2 Å². The standard InChI is InChI=1S/C75H130O6/c1-4-7-10-13-16-19-22-25-28-31-32-33-34-35-36-37-38-39-40-41-42-43-44-45-48-50-53-56-59-62-65-68-74(77)80-71-72(81-75(78)69-66-63-60-57-54-51-47-30-27-24-21-18-15-12-9-6-3)70-79-73(76)67-64-61-58-55-52-49-46-29-26-23-20-17-14-11-8-5-2/h7,10,16,19,25,28,30,32-33,35-36,38-39,41-42,47,72H,4-6,8-9,11-15,17-18,20-24,26-27,29,31,34,37,40,43-46,48-71H2,1-3H3/b10-7-,19-16-,28-25-,33-32-,36-35-,39-38-,42-41-,47-30-. The molecule has 0 radical (unpaired) electrons. The average molecular weight is 1130 g/mol. The van der Waals surface area contributed by atoms with Gasteiger partial charge in [-0.25, -0.2) is 0 Å². The van der Waals surface area contributed by atoms with Gasteiger partial charge in [-0.05, 0) is 103 Å². The zero-order valence-electron chi connectivity index (χ0n) is 53.5. The summed E-state index contributed by atoms with van der Waals surface area (Å²) in [5.41, 5.74) is 0. The zero-order valence-corrected chi connectivity index (χ0v) is 53.5. The Kier molecular flexibility index (Phi) is 65.7. The average Bonchev–Trinajstić information content (AvgIpc) is 3.47. The number of allylic oxidation sites excluding steroid dienone is 16. The number of esters is 3. The van der Waals surface area contributed by atoms with Crippen LogP contribution >= 0.6 is 0 Å². The van der Waals surface area contributed by atoms with E-state index in [-0.39, 0.29) is 31.1 Å². The van der Waals surface area contributed by atoms with Crippen LogP contribution in [-0.2, 0) is 28.6 Å². The molecule has 0 spiro atoms. The van der Waals surface area contributed by atoms with Gasteiger partial charge in [0.25, 0.3) is 0 Å². The minimum atomic E-state index is -0.784. The summed E-state index contributed by atoms with van der Waals surface area (Å²) >= 11 is 0. The van der Waals surface area contributed by atoms with E-state index < -0.39 is 6.10 Å². The van der Waals surface area contributed by atoms with Gasteiger partial charge in [0.1, 0.15) is 13.2 Å². The zero-order chi connectivity index (χ0) is 58.5. The molecule has 6 nitrogen and oxygen atoms in total. The molecule has 0 aliphatic heterocycles. The molecule has 0 aliphatic rings. The van der Waals surface area contributed by atoms with Gasteiger partial charge in [-0.3, -0.25) is 14.4 Å². The van der Waals surface area contributed by atoms with Crippen LogP contribution in [-0.4, -0.2) is 37.2 Å². The third-order valence-electron chi connectivity index (χ3n) is 15.1. The Morgan fingerprint density at radius 3 is 0.765 bits per heavy atom. The van der Waals surface area contributed by atoms with Gasteiger partial charge in [0, 0.05) is 19.3 Å². The quantitative estimate of drug-likeness (QED) is 0.0261. The van der Waals surface area contributed by atoms with E-state index >= 15 is 0 Å². The summed E-state index contributed by atoms with van der Waals surface area (Å²) in [7, 11) is 0. The van der Waals surface area contributed by atoms with Crippen LogP contribution in [0.5, 0.6) is 0 Å². The molecule has 0 N–H and O–H groups in total. The molecule has 0 saturated heterocycles. The molecule has 81 heavy (non-hydrogen) atoms. The number of ether oxygens (including phenoxy) is 3. The first-order valence-electron chi connectivity index (χ1n) is 34.7. The number of hydrogen-bond donors (Lipinski definition) is 0. The minimum absolute atomic E-state index is 0.0784. The van der Waals surface area contributed by atoms with Crippen molar-refractivity contribution in [3.63, 3.8) is 0 Å². The Hall–Kier alpha value is -3.67. The fraction of sp³-hybridized carbons (Fsp3) is 0.747. The second-order valence-electron chi connectivity index (χ2n) is 23.1. The van der Waals surface area contributed by atoms with Crippen molar-refractivity contribution in [1.29, 1.82) is 0 Å². The maximum atomic E-state index is 12.9. The highest BCUT2D eigenvalue weighted by Crippen LogP contribution is 2.17. The molecule has 1 unspecified atom stereocenters. The second kappa shape index (κ2) is 68.8. The fourth-order valence-electron chi connectivity index (χ4n) is 9.89. The van der Waals surface area contributed by atoms with Crippen LogP contribution in [0.15, 0.2) is 97.2 Å². The van der Waals surface area contributed by atoms with Gasteiger partial charge >= 0.3 is 17.9 Å². The molecule has 0 bridgehead atoms. The molecular weight excluding hydrogens is 997 g/mol. The van der Waals surface area contributed by atoms with Crippen LogP contribution in [0.2, 0.25) is 0 Å². The number of unbranched alkanes of at least 4 members (excludes halogenated alkanes) is 36. The molecule has 0 aliphatic carbocycles. The Morgan fingerprint density at radius 1 is 0.259 bits per heavy atom. The first kappa shape index (κ1) is 77.3. The van der Waals surface area contributed by atoms with E-state index in [1.165, 1.54) is 180 Å². The fourth-order valence-corrected chi connectivity index (χ4v) is 9.89. The summed E-state index contributed by atoms with van der Waals surface area (Å²) in [5.74, 6) is -0.877. The van der Waals surface area contributed by atoms with Gasteiger partial charge in [-0.1, -0.05) is 317 Å². The summed E-state index contributed by atoms with van der Waals surface area (Å²) in [6, 6.07) is 0. The van der Waals surface area contributed by atoms with Crippen molar-refractivity contribution >= 4 is 17.9 Å². The van der Waals surface area contributed by atoms with Crippen molar-refractivity contribution in [2.45, 2.75) is 348 Å². The molecule has 0 rings (SSSR count). The highest BCUT2D eigenvalue weighted by molar-refractivity contribution is 5.71.